The minimum Gasteiger partial charge on any atom is -0.497 e. The summed E-state index contributed by atoms with van der Waals surface area (Å²) in [5, 5.41) is 3.14. The lowest BCUT2D eigenvalue weighted by Crippen LogP contribution is -2.42. The van der Waals surface area contributed by atoms with Gasteiger partial charge in [0.2, 0.25) is 5.91 Å². The Bertz CT molecular complexity index is 713. The van der Waals surface area contributed by atoms with Crippen LogP contribution >= 0.6 is 0 Å². The van der Waals surface area contributed by atoms with E-state index in [1.165, 1.54) is 0 Å². The van der Waals surface area contributed by atoms with Crippen molar-refractivity contribution in [2.24, 2.45) is 5.92 Å². The molecule has 1 amide bonds. The van der Waals surface area contributed by atoms with Crippen LogP contribution in [0.1, 0.15) is 30.9 Å². The third-order valence-electron chi connectivity index (χ3n) is 5.11. The number of nitrogens with zero attached hydrogens (tertiary/aromatic N) is 1. The van der Waals surface area contributed by atoms with Crippen LogP contribution in [0.3, 0.4) is 0 Å². The number of nitrogens with one attached hydrogen (secondary N) is 1. The minimum absolute atomic E-state index is 0.0131. The van der Waals surface area contributed by atoms with Gasteiger partial charge in [-0.2, -0.15) is 0 Å². The van der Waals surface area contributed by atoms with Crippen molar-refractivity contribution in [1.29, 1.82) is 0 Å². The summed E-state index contributed by atoms with van der Waals surface area (Å²) in [6, 6.07) is 7.76. The van der Waals surface area contributed by atoms with E-state index >= 15 is 0 Å². The van der Waals surface area contributed by atoms with Gasteiger partial charge >= 0.3 is 0 Å². The van der Waals surface area contributed by atoms with Crippen LogP contribution in [0, 0.1) is 5.92 Å². The van der Waals surface area contributed by atoms with Gasteiger partial charge in [-0.05, 0) is 49.9 Å². The van der Waals surface area contributed by atoms with Crippen molar-refractivity contribution in [3.8, 4) is 5.75 Å². The molecule has 3 rings (SSSR count). The molecule has 0 spiro atoms. The Morgan fingerprint density at radius 3 is 2.48 bits per heavy atom. The highest BCUT2D eigenvalue weighted by Crippen LogP contribution is 2.41. The van der Waals surface area contributed by atoms with E-state index in [4.69, 9.17) is 4.74 Å². The Labute approximate surface area is 149 Å². The molecule has 1 N–H and O–H groups in total. The van der Waals surface area contributed by atoms with Crippen molar-refractivity contribution in [1.82, 2.24) is 10.2 Å². The van der Waals surface area contributed by atoms with E-state index in [1.807, 2.05) is 36.2 Å². The molecule has 1 saturated carbocycles. The summed E-state index contributed by atoms with van der Waals surface area (Å²) in [5.41, 5.74) is 1.09. The van der Waals surface area contributed by atoms with Gasteiger partial charge < -0.3 is 10.1 Å². The highest BCUT2D eigenvalue weighted by molar-refractivity contribution is 7.91. The quantitative estimate of drug-likeness (QED) is 0.789. The minimum atomic E-state index is -2.94. The average molecular weight is 366 g/mol. The molecule has 7 heteroatoms. The monoisotopic (exact) mass is 366 g/mol. The highest BCUT2D eigenvalue weighted by Gasteiger charge is 2.35. The number of ether oxygens (including phenoxy) is 1. The zero-order chi connectivity index (χ0) is 18.0. The SMILES string of the molecule is COc1ccc(C(NC(=O)CN(C)C2CCS(=O)(=O)C2)C2CC2)cc1. The lowest BCUT2D eigenvalue weighted by Gasteiger charge is -2.25. The number of carbonyl (C=O) groups is 1. The third-order valence-corrected chi connectivity index (χ3v) is 6.86. The first-order valence-corrected chi connectivity index (χ1v) is 10.5. The standard InChI is InChI=1S/C18H26N2O4S/c1-20(15-9-10-25(22,23)12-15)11-17(21)19-18(13-3-4-13)14-5-7-16(24-2)8-6-14/h5-8,13,15,18H,3-4,9-12H2,1-2H3,(H,19,21). The second-order valence-electron chi connectivity index (χ2n) is 7.13. The molecule has 2 unspecified atom stereocenters. The molecule has 1 aromatic carbocycles. The van der Waals surface area contributed by atoms with Crippen molar-refractivity contribution in [2.45, 2.75) is 31.3 Å². The molecule has 0 aromatic heterocycles. The molecule has 2 atom stereocenters. The topological polar surface area (TPSA) is 75.7 Å². The fourth-order valence-electron chi connectivity index (χ4n) is 3.41. The van der Waals surface area contributed by atoms with Crippen LogP contribution in [0.4, 0.5) is 0 Å². The number of likely N-dealkylation sites (N-methyl/N-ethyl adjacent to an activating group) is 1. The highest BCUT2D eigenvalue weighted by atomic mass is 32.2. The summed E-state index contributed by atoms with van der Waals surface area (Å²) in [5.74, 6) is 1.60. The lowest BCUT2D eigenvalue weighted by atomic mass is 10.0. The second kappa shape index (κ2) is 7.33. The van der Waals surface area contributed by atoms with Crippen LogP contribution in [-0.2, 0) is 14.6 Å². The van der Waals surface area contributed by atoms with Gasteiger partial charge in [-0.3, -0.25) is 9.69 Å². The van der Waals surface area contributed by atoms with Gasteiger partial charge in [0.1, 0.15) is 5.75 Å². The smallest absolute Gasteiger partial charge is 0.234 e. The lowest BCUT2D eigenvalue weighted by molar-refractivity contribution is -0.123. The molecular weight excluding hydrogens is 340 g/mol. The molecule has 25 heavy (non-hydrogen) atoms. The Balaban J connectivity index is 1.59. The van der Waals surface area contributed by atoms with E-state index in [0.717, 1.165) is 24.2 Å². The summed E-state index contributed by atoms with van der Waals surface area (Å²) in [6.07, 6.45) is 2.85. The van der Waals surface area contributed by atoms with Crippen LogP contribution in [-0.4, -0.2) is 57.5 Å². The predicted octanol–water partition coefficient (Wildman–Crippen LogP) is 1.38. The summed E-state index contributed by atoms with van der Waals surface area (Å²) in [4.78, 5) is 14.3. The normalized spacial score (nSPS) is 23.4. The number of benzene rings is 1. The Morgan fingerprint density at radius 2 is 1.96 bits per heavy atom. The molecule has 138 valence electrons. The molecule has 0 bridgehead atoms. The number of rotatable bonds is 7. The number of hydrogen-bond donors (Lipinski definition) is 1. The molecule has 2 fully saturated rings. The van der Waals surface area contributed by atoms with Gasteiger partial charge in [0, 0.05) is 6.04 Å². The molecule has 6 nitrogen and oxygen atoms in total. The summed E-state index contributed by atoms with van der Waals surface area (Å²) < 4.78 is 28.4. The number of methoxy groups -OCH3 is 1. The Morgan fingerprint density at radius 1 is 1.28 bits per heavy atom. The second-order valence-corrected chi connectivity index (χ2v) is 9.36. The van der Waals surface area contributed by atoms with Crippen molar-refractivity contribution in [2.75, 3.05) is 32.2 Å². The average Bonchev–Trinajstić information content (AvgIpc) is 3.35. The summed E-state index contributed by atoms with van der Waals surface area (Å²) in [6.45, 7) is 0.222. The number of amides is 1. The maximum Gasteiger partial charge on any atom is 0.234 e. The Hall–Kier alpha value is -1.60. The van der Waals surface area contributed by atoms with E-state index in [-0.39, 0.29) is 36.0 Å². The fourth-order valence-corrected chi connectivity index (χ4v) is 5.22. The fraction of sp³-hybridized carbons (Fsp3) is 0.611. The van der Waals surface area contributed by atoms with E-state index in [0.29, 0.717) is 12.3 Å². The van der Waals surface area contributed by atoms with Gasteiger partial charge in [0.05, 0.1) is 31.2 Å². The molecule has 1 aromatic rings. The van der Waals surface area contributed by atoms with Gasteiger partial charge in [-0.15, -0.1) is 0 Å². The molecule has 0 radical (unpaired) electrons. The van der Waals surface area contributed by atoms with Crippen molar-refractivity contribution < 1.29 is 17.9 Å². The van der Waals surface area contributed by atoms with Gasteiger partial charge in [0.15, 0.2) is 9.84 Å². The first-order valence-electron chi connectivity index (χ1n) is 8.72. The first-order chi connectivity index (χ1) is 11.9. The maximum atomic E-state index is 12.5. The zero-order valence-corrected chi connectivity index (χ0v) is 15.6. The van der Waals surface area contributed by atoms with Crippen molar-refractivity contribution in [3.63, 3.8) is 0 Å². The Kier molecular flexibility index (Phi) is 5.34. The van der Waals surface area contributed by atoms with Crippen LogP contribution < -0.4 is 10.1 Å². The summed E-state index contributed by atoms with van der Waals surface area (Å²) >= 11 is 0. The maximum absolute atomic E-state index is 12.5. The van der Waals surface area contributed by atoms with Gasteiger partial charge in [-0.25, -0.2) is 8.42 Å². The number of hydrogen-bond acceptors (Lipinski definition) is 5. The van der Waals surface area contributed by atoms with Crippen LogP contribution in [0.5, 0.6) is 5.75 Å². The predicted molar refractivity (Wildman–Crippen MR) is 96.3 cm³/mol. The molecule has 1 heterocycles. The largest absolute Gasteiger partial charge is 0.497 e. The van der Waals surface area contributed by atoms with Crippen LogP contribution in [0.2, 0.25) is 0 Å². The third kappa shape index (κ3) is 4.73. The zero-order valence-electron chi connectivity index (χ0n) is 14.8. The van der Waals surface area contributed by atoms with E-state index in [9.17, 15) is 13.2 Å². The molecule has 2 aliphatic rings. The molecule has 1 aliphatic heterocycles. The number of sulfone groups is 1. The molecule has 1 saturated heterocycles. The molecular formula is C18H26N2O4S. The van der Waals surface area contributed by atoms with Gasteiger partial charge in [0.25, 0.3) is 0 Å². The summed E-state index contributed by atoms with van der Waals surface area (Å²) in [7, 11) is 0.520. The van der Waals surface area contributed by atoms with Crippen molar-refractivity contribution in [3.05, 3.63) is 29.8 Å². The molecule has 1 aliphatic carbocycles. The van der Waals surface area contributed by atoms with Crippen LogP contribution in [0.25, 0.3) is 0 Å². The number of carbonyl (C=O) groups excluding carboxylic acids is 1. The first kappa shape index (κ1) is 18.2. The van der Waals surface area contributed by atoms with E-state index in [1.54, 1.807) is 7.11 Å². The van der Waals surface area contributed by atoms with E-state index < -0.39 is 9.84 Å². The van der Waals surface area contributed by atoms with Crippen molar-refractivity contribution >= 4 is 15.7 Å². The van der Waals surface area contributed by atoms with Gasteiger partial charge in [-0.1, -0.05) is 12.1 Å². The van der Waals surface area contributed by atoms with E-state index in [2.05, 4.69) is 5.32 Å². The van der Waals surface area contributed by atoms with Crippen LogP contribution in [0.15, 0.2) is 24.3 Å².